The first-order chi connectivity index (χ1) is 8.89. The van der Waals surface area contributed by atoms with E-state index in [9.17, 15) is 13.2 Å². The monoisotopic (exact) mass is 284 g/mol. The number of carbonyl (C=O) groups is 1. The minimum absolute atomic E-state index is 0.290. The first-order valence-corrected chi connectivity index (χ1v) is 7.60. The van der Waals surface area contributed by atoms with Crippen LogP contribution in [0.4, 0.5) is 0 Å². The molecule has 0 radical (unpaired) electrons. The number of benzene rings is 1. The summed E-state index contributed by atoms with van der Waals surface area (Å²) in [6, 6.07) is 5.92. The molecule has 2 rings (SSSR count). The summed E-state index contributed by atoms with van der Waals surface area (Å²) in [6.45, 7) is 0. The predicted molar refractivity (Wildman–Crippen MR) is 70.0 cm³/mol. The van der Waals surface area contributed by atoms with E-state index in [1.165, 1.54) is 0 Å². The molecule has 0 fully saturated rings. The van der Waals surface area contributed by atoms with Crippen LogP contribution >= 0.6 is 0 Å². The number of carboxylic acids is 1. The van der Waals surface area contributed by atoms with Crippen LogP contribution in [0, 0.1) is 0 Å². The lowest BCUT2D eigenvalue weighted by Gasteiger charge is -2.15. The first-order valence-electron chi connectivity index (χ1n) is 5.95. The minimum atomic E-state index is -3.71. The molecule has 0 saturated heterocycles. The van der Waals surface area contributed by atoms with Gasteiger partial charge in [0.05, 0.1) is 5.75 Å². The van der Waals surface area contributed by atoms with Gasteiger partial charge in [0, 0.05) is 6.04 Å². The zero-order valence-corrected chi connectivity index (χ0v) is 11.1. The van der Waals surface area contributed by atoms with Crippen LogP contribution in [-0.4, -0.2) is 31.3 Å². The van der Waals surface area contributed by atoms with E-state index >= 15 is 0 Å². The van der Waals surface area contributed by atoms with Gasteiger partial charge in [-0.05, 0) is 24.0 Å². The molecule has 4 N–H and O–H groups in total. The van der Waals surface area contributed by atoms with Crippen molar-refractivity contribution in [3.63, 3.8) is 0 Å². The fourth-order valence-corrected chi connectivity index (χ4v) is 3.64. The second-order valence-electron chi connectivity index (χ2n) is 4.63. The second kappa shape index (κ2) is 5.28. The fourth-order valence-electron chi connectivity index (χ4n) is 2.25. The highest BCUT2D eigenvalue weighted by atomic mass is 32.2. The van der Waals surface area contributed by atoms with Crippen molar-refractivity contribution in [2.45, 2.75) is 24.9 Å². The van der Waals surface area contributed by atoms with Gasteiger partial charge in [-0.1, -0.05) is 24.3 Å². The number of nitrogens with two attached hydrogens (primary N) is 1. The number of fused-ring (bicyclic) bond motifs is 1. The quantitative estimate of drug-likeness (QED) is 0.705. The topological polar surface area (TPSA) is 109 Å². The average Bonchev–Trinajstić information content (AvgIpc) is 2.71. The number of sulfonamides is 1. The number of aliphatic carboxylic acids is 1. The van der Waals surface area contributed by atoms with E-state index in [1.54, 1.807) is 0 Å². The summed E-state index contributed by atoms with van der Waals surface area (Å²) in [4.78, 5) is 10.6. The smallest absolute Gasteiger partial charge is 0.321 e. The normalized spacial score (nSPS) is 19.9. The fraction of sp³-hybridized carbons (Fsp3) is 0.417. The molecule has 0 amide bonds. The summed E-state index contributed by atoms with van der Waals surface area (Å²) in [5.74, 6) is -1.93. The largest absolute Gasteiger partial charge is 0.480 e. The van der Waals surface area contributed by atoms with E-state index in [4.69, 9.17) is 10.8 Å². The Bertz CT molecular complexity index is 585. The molecule has 0 bridgehead atoms. The molecule has 0 saturated carbocycles. The van der Waals surface area contributed by atoms with Crippen molar-refractivity contribution in [2.75, 3.05) is 5.75 Å². The van der Waals surface area contributed by atoms with Crippen LogP contribution in [0.5, 0.6) is 0 Å². The van der Waals surface area contributed by atoms with E-state index in [0.29, 0.717) is 6.42 Å². The molecule has 0 spiro atoms. The Labute approximate surface area is 111 Å². The molecule has 1 aromatic rings. The molecule has 1 aliphatic rings. The molecule has 6 nitrogen and oxygen atoms in total. The number of hydrogen-bond donors (Lipinski definition) is 3. The summed E-state index contributed by atoms with van der Waals surface area (Å²) in [5.41, 5.74) is 7.33. The van der Waals surface area contributed by atoms with Crippen molar-refractivity contribution < 1.29 is 18.3 Å². The van der Waals surface area contributed by atoms with Crippen LogP contribution < -0.4 is 10.5 Å². The van der Waals surface area contributed by atoms with Gasteiger partial charge >= 0.3 is 5.97 Å². The van der Waals surface area contributed by atoms with Crippen LogP contribution in [0.3, 0.4) is 0 Å². The SMILES string of the molecule is N[C@@H](CS(=O)(=O)NC1CCc2ccccc21)C(=O)O. The summed E-state index contributed by atoms with van der Waals surface area (Å²) in [5, 5.41) is 8.65. The number of nitrogens with one attached hydrogen (secondary N) is 1. The van der Waals surface area contributed by atoms with Crippen molar-refractivity contribution >= 4 is 16.0 Å². The lowest BCUT2D eigenvalue weighted by molar-refractivity contribution is -0.137. The summed E-state index contributed by atoms with van der Waals surface area (Å²) in [7, 11) is -3.71. The lowest BCUT2D eigenvalue weighted by Crippen LogP contribution is -2.42. The molecule has 2 atom stereocenters. The third-order valence-corrected chi connectivity index (χ3v) is 4.61. The third kappa shape index (κ3) is 3.31. The maximum Gasteiger partial charge on any atom is 0.321 e. The van der Waals surface area contributed by atoms with E-state index in [2.05, 4.69) is 4.72 Å². The Kier molecular flexibility index (Phi) is 3.88. The molecular weight excluding hydrogens is 268 g/mol. The van der Waals surface area contributed by atoms with Crippen molar-refractivity contribution in [3.8, 4) is 0 Å². The van der Waals surface area contributed by atoms with Gasteiger partial charge in [-0.3, -0.25) is 4.79 Å². The molecule has 1 unspecified atom stereocenters. The Balaban J connectivity index is 2.08. The average molecular weight is 284 g/mol. The Hall–Kier alpha value is -1.44. The number of hydrogen-bond acceptors (Lipinski definition) is 4. The van der Waals surface area contributed by atoms with Crippen LogP contribution in [-0.2, 0) is 21.2 Å². The first kappa shape index (κ1) is 14.0. The van der Waals surface area contributed by atoms with Gasteiger partial charge in [-0.2, -0.15) is 0 Å². The zero-order valence-electron chi connectivity index (χ0n) is 10.2. The highest BCUT2D eigenvalue weighted by Gasteiger charge is 2.28. The number of aryl methyl sites for hydroxylation is 1. The maximum absolute atomic E-state index is 11.9. The van der Waals surface area contributed by atoms with E-state index in [1.807, 2.05) is 24.3 Å². The number of rotatable bonds is 5. The molecular formula is C12H16N2O4S. The summed E-state index contributed by atoms with van der Waals surface area (Å²) < 4.78 is 26.2. The van der Waals surface area contributed by atoms with Crippen molar-refractivity contribution in [3.05, 3.63) is 35.4 Å². The van der Waals surface area contributed by atoms with Crippen LogP contribution in [0.15, 0.2) is 24.3 Å². The zero-order chi connectivity index (χ0) is 14.0. The van der Waals surface area contributed by atoms with Gasteiger partial charge in [-0.15, -0.1) is 0 Å². The number of carboxylic acid groups (broad SMARTS) is 1. The highest BCUT2D eigenvalue weighted by Crippen LogP contribution is 2.31. The van der Waals surface area contributed by atoms with Crippen LogP contribution in [0.25, 0.3) is 0 Å². The van der Waals surface area contributed by atoms with E-state index < -0.39 is 27.8 Å². The van der Waals surface area contributed by atoms with Crippen molar-refractivity contribution in [2.24, 2.45) is 5.73 Å². The van der Waals surface area contributed by atoms with Crippen molar-refractivity contribution in [1.82, 2.24) is 4.72 Å². The van der Waals surface area contributed by atoms with Gasteiger partial charge in [-0.25, -0.2) is 13.1 Å². The summed E-state index contributed by atoms with van der Waals surface area (Å²) in [6.07, 6.45) is 1.50. The minimum Gasteiger partial charge on any atom is -0.480 e. The molecule has 0 aliphatic heterocycles. The van der Waals surface area contributed by atoms with E-state index in [-0.39, 0.29) is 6.04 Å². The molecule has 0 aromatic heterocycles. The third-order valence-electron chi connectivity index (χ3n) is 3.17. The standard InChI is InChI=1S/C12H16N2O4S/c13-10(12(15)16)7-19(17,18)14-11-6-5-8-3-1-2-4-9(8)11/h1-4,10-11,14H,5-7,13H2,(H,15,16)/t10-,11?/m0/s1. The lowest BCUT2D eigenvalue weighted by atomic mass is 10.1. The van der Waals surface area contributed by atoms with Gasteiger partial charge < -0.3 is 10.8 Å². The molecule has 1 aromatic carbocycles. The van der Waals surface area contributed by atoms with Crippen molar-refractivity contribution in [1.29, 1.82) is 0 Å². The molecule has 104 valence electrons. The van der Waals surface area contributed by atoms with Crippen LogP contribution in [0.2, 0.25) is 0 Å². The van der Waals surface area contributed by atoms with Gasteiger partial charge in [0.25, 0.3) is 0 Å². The Morgan fingerprint density at radius 1 is 1.47 bits per heavy atom. The Morgan fingerprint density at radius 2 is 2.16 bits per heavy atom. The summed E-state index contributed by atoms with van der Waals surface area (Å²) >= 11 is 0. The Morgan fingerprint density at radius 3 is 2.84 bits per heavy atom. The highest BCUT2D eigenvalue weighted by molar-refractivity contribution is 7.89. The maximum atomic E-state index is 11.9. The molecule has 19 heavy (non-hydrogen) atoms. The van der Waals surface area contributed by atoms with E-state index in [0.717, 1.165) is 17.5 Å². The molecule has 7 heteroatoms. The van der Waals surface area contributed by atoms with Crippen LogP contribution in [0.1, 0.15) is 23.6 Å². The molecule has 0 heterocycles. The second-order valence-corrected chi connectivity index (χ2v) is 6.43. The predicted octanol–water partition coefficient (Wildman–Crippen LogP) is 0.00520. The van der Waals surface area contributed by atoms with Gasteiger partial charge in [0.15, 0.2) is 0 Å². The van der Waals surface area contributed by atoms with Gasteiger partial charge in [0.1, 0.15) is 6.04 Å². The van der Waals surface area contributed by atoms with Gasteiger partial charge in [0.2, 0.25) is 10.0 Å². The molecule has 1 aliphatic carbocycles.